The Morgan fingerprint density at radius 3 is 1.42 bits per heavy atom. The number of aliphatic carboxylic acids is 2. The highest BCUT2D eigenvalue weighted by Gasteiger charge is 2.44. The highest BCUT2D eigenvalue weighted by atomic mass is 16.6. The Hall–Kier alpha value is -1.10. The fourth-order valence-corrected chi connectivity index (χ4v) is 2.41. The van der Waals surface area contributed by atoms with Crippen LogP contribution in [0.4, 0.5) is 0 Å². The molecule has 0 aromatic carbocycles. The van der Waals surface area contributed by atoms with Crippen LogP contribution in [0.5, 0.6) is 0 Å². The van der Waals surface area contributed by atoms with Crippen LogP contribution in [0.15, 0.2) is 0 Å². The molecule has 1 heterocycles. The normalized spacial score (nSPS) is 25.4. The zero-order valence-corrected chi connectivity index (χ0v) is 12.0. The van der Waals surface area contributed by atoms with Crippen molar-refractivity contribution in [1.29, 1.82) is 0 Å². The molecule has 1 saturated heterocycles. The van der Waals surface area contributed by atoms with Crippen molar-refractivity contribution in [3.8, 4) is 0 Å². The van der Waals surface area contributed by atoms with Crippen molar-refractivity contribution in [3.05, 3.63) is 0 Å². The van der Waals surface area contributed by atoms with Crippen LogP contribution in [0.25, 0.3) is 0 Å². The molecule has 0 radical (unpaired) electrons. The largest absolute Gasteiger partial charge is 0.481 e. The summed E-state index contributed by atoms with van der Waals surface area (Å²) in [5.74, 6) is -2.33. The molecule has 2 N–H and O–H groups in total. The minimum Gasteiger partial charge on any atom is -0.481 e. The average Bonchev–Trinajstić information content (AvgIpc) is 2.99. The molecule has 4 atom stereocenters. The standard InChI is InChI=1S/C14H24O5/c1-7(2)9(13(15)16)5-11-12(19-11)6-10(8(3)4)14(17)18/h7-12H,5-6H2,1-4H3,(H,15,16)(H,17,18)/t9?,10?,11-,12+. The van der Waals surface area contributed by atoms with E-state index in [1.165, 1.54) is 0 Å². The maximum absolute atomic E-state index is 11.1. The van der Waals surface area contributed by atoms with Gasteiger partial charge in [0.15, 0.2) is 0 Å². The zero-order valence-electron chi connectivity index (χ0n) is 12.0. The molecule has 5 nitrogen and oxygen atoms in total. The summed E-state index contributed by atoms with van der Waals surface area (Å²) in [5.41, 5.74) is 0. The second-order valence-corrected chi connectivity index (χ2v) is 6.06. The third kappa shape index (κ3) is 4.49. The number of rotatable bonds is 8. The number of hydrogen-bond donors (Lipinski definition) is 2. The van der Waals surface area contributed by atoms with E-state index >= 15 is 0 Å². The van der Waals surface area contributed by atoms with Crippen molar-refractivity contribution in [1.82, 2.24) is 0 Å². The van der Waals surface area contributed by atoms with Crippen molar-refractivity contribution >= 4 is 11.9 Å². The minimum absolute atomic E-state index is 0.0581. The van der Waals surface area contributed by atoms with E-state index in [4.69, 9.17) is 14.9 Å². The Morgan fingerprint density at radius 2 is 1.21 bits per heavy atom. The molecule has 1 aliphatic heterocycles. The molecule has 2 unspecified atom stereocenters. The average molecular weight is 272 g/mol. The van der Waals surface area contributed by atoms with E-state index in [2.05, 4.69) is 0 Å². The fourth-order valence-electron chi connectivity index (χ4n) is 2.41. The number of hydrogen-bond acceptors (Lipinski definition) is 3. The van der Waals surface area contributed by atoms with Gasteiger partial charge in [-0.15, -0.1) is 0 Å². The van der Waals surface area contributed by atoms with E-state index in [9.17, 15) is 9.59 Å². The Bertz CT molecular complexity index is 305. The first kappa shape index (κ1) is 16.0. The smallest absolute Gasteiger partial charge is 0.306 e. The molecule has 0 bridgehead atoms. The van der Waals surface area contributed by atoms with Gasteiger partial charge in [-0.05, 0) is 24.7 Å². The molecule has 110 valence electrons. The van der Waals surface area contributed by atoms with Crippen LogP contribution in [0, 0.1) is 23.7 Å². The van der Waals surface area contributed by atoms with Gasteiger partial charge in [-0.2, -0.15) is 0 Å². The zero-order chi connectivity index (χ0) is 14.7. The highest BCUT2D eigenvalue weighted by Crippen LogP contribution is 2.36. The molecule has 0 saturated carbocycles. The van der Waals surface area contributed by atoms with Crippen LogP contribution < -0.4 is 0 Å². The lowest BCUT2D eigenvalue weighted by molar-refractivity contribution is -0.144. The number of ether oxygens (including phenoxy) is 1. The summed E-state index contributed by atoms with van der Waals surface area (Å²) in [6.07, 6.45) is 0.762. The van der Waals surface area contributed by atoms with Gasteiger partial charge in [0.25, 0.3) is 0 Å². The first-order valence-corrected chi connectivity index (χ1v) is 6.85. The van der Waals surface area contributed by atoms with Gasteiger partial charge in [-0.1, -0.05) is 27.7 Å². The predicted octanol–water partition coefficient (Wildman–Crippen LogP) is 2.25. The summed E-state index contributed by atoms with van der Waals surface area (Å²) in [4.78, 5) is 22.2. The fraction of sp³-hybridized carbons (Fsp3) is 0.857. The van der Waals surface area contributed by atoms with Crippen LogP contribution in [-0.2, 0) is 14.3 Å². The summed E-state index contributed by atoms with van der Waals surface area (Å²) in [6.45, 7) is 7.52. The van der Waals surface area contributed by atoms with Gasteiger partial charge in [0.1, 0.15) is 0 Å². The lowest BCUT2D eigenvalue weighted by Crippen LogP contribution is -2.24. The highest BCUT2D eigenvalue weighted by molar-refractivity contribution is 5.71. The monoisotopic (exact) mass is 272 g/mol. The molecule has 0 aromatic heterocycles. The van der Waals surface area contributed by atoms with Gasteiger partial charge in [0.2, 0.25) is 0 Å². The molecule has 1 fully saturated rings. The van der Waals surface area contributed by atoms with Crippen LogP contribution in [-0.4, -0.2) is 34.4 Å². The van der Waals surface area contributed by atoms with Crippen molar-refractivity contribution in [2.24, 2.45) is 23.7 Å². The van der Waals surface area contributed by atoms with Crippen LogP contribution in [0.1, 0.15) is 40.5 Å². The van der Waals surface area contributed by atoms with E-state index in [1.54, 1.807) is 0 Å². The number of carboxylic acid groups (broad SMARTS) is 2. The van der Waals surface area contributed by atoms with Gasteiger partial charge >= 0.3 is 11.9 Å². The summed E-state index contributed by atoms with van der Waals surface area (Å²) >= 11 is 0. The molecule has 0 aromatic rings. The summed E-state index contributed by atoms with van der Waals surface area (Å²) < 4.78 is 5.45. The topological polar surface area (TPSA) is 87.1 Å². The van der Waals surface area contributed by atoms with Crippen LogP contribution in [0.2, 0.25) is 0 Å². The second-order valence-electron chi connectivity index (χ2n) is 6.06. The lowest BCUT2D eigenvalue weighted by atomic mass is 9.87. The maximum Gasteiger partial charge on any atom is 0.306 e. The van der Waals surface area contributed by atoms with Gasteiger partial charge in [-0.3, -0.25) is 9.59 Å². The lowest BCUT2D eigenvalue weighted by Gasteiger charge is -2.16. The third-order valence-electron chi connectivity index (χ3n) is 3.90. The molecular formula is C14H24O5. The van der Waals surface area contributed by atoms with E-state index in [-0.39, 0.29) is 24.0 Å². The molecule has 1 aliphatic rings. The Labute approximate surface area is 114 Å². The summed E-state index contributed by atoms with van der Waals surface area (Å²) in [7, 11) is 0. The number of carbonyl (C=O) groups is 2. The second kappa shape index (κ2) is 6.37. The number of epoxide rings is 1. The van der Waals surface area contributed by atoms with Gasteiger partial charge in [0.05, 0.1) is 24.0 Å². The molecule has 0 spiro atoms. The van der Waals surface area contributed by atoms with E-state index in [1.807, 2.05) is 27.7 Å². The van der Waals surface area contributed by atoms with Crippen molar-refractivity contribution in [2.75, 3.05) is 0 Å². The Kier molecular flexibility index (Phi) is 5.35. The van der Waals surface area contributed by atoms with Crippen molar-refractivity contribution in [3.63, 3.8) is 0 Å². The molecule has 19 heavy (non-hydrogen) atoms. The number of carboxylic acids is 2. The van der Waals surface area contributed by atoms with Crippen LogP contribution >= 0.6 is 0 Å². The van der Waals surface area contributed by atoms with Crippen molar-refractivity contribution in [2.45, 2.75) is 52.7 Å². The SMILES string of the molecule is CC(C)C(C[C@@H]1O[C@@H]1CC(C(=O)O)C(C)C)C(=O)O. The van der Waals surface area contributed by atoms with Gasteiger partial charge in [-0.25, -0.2) is 0 Å². The minimum atomic E-state index is -0.803. The van der Waals surface area contributed by atoms with Crippen LogP contribution in [0.3, 0.4) is 0 Å². The molecule has 5 heteroatoms. The molecule has 0 aliphatic carbocycles. The predicted molar refractivity (Wildman–Crippen MR) is 69.8 cm³/mol. The quantitative estimate of drug-likeness (QED) is 0.662. The van der Waals surface area contributed by atoms with E-state index in [0.29, 0.717) is 12.8 Å². The maximum atomic E-state index is 11.1. The van der Waals surface area contributed by atoms with Gasteiger partial charge < -0.3 is 14.9 Å². The van der Waals surface area contributed by atoms with Crippen molar-refractivity contribution < 1.29 is 24.5 Å². The van der Waals surface area contributed by atoms with E-state index in [0.717, 1.165) is 0 Å². The van der Waals surface area contributed by atoms with Gasteiger partial charge in [0, 0.05) is 0 Å². The van der Waals surface area contributed by atoms with E-state index < -0.39 is 23.8 Å². The first-order valence-electron chi connectivity index (χ1n) is 6.85. The summed E-state index contributed by atoms with van der Waals surface area (Å²) in [5, 5.41) is 18.2. The summed E-state index contributed by atoms with van der Waals surface area (Å²) in [6, 6.07) is 0. The Balaban J connectivity index is 2.46. The molecular weight excluding hydrogens is 248 g/mol. The molecule has 0 amide bonds. The molecule has 1 rings (SSSR count). The third-order valence-corrected chi connectivity index (χ3v) is 3.90. The Morgan fingerprint density at radius 1 is 0.895 bits per heavy atom. The first-order chi connectivity index (χ1) is 8.73.